The molecular weight excluding hydrogens is 318 g/mol. The van der Waals surface area contributed by atoms with Crippen molar-refractivity contribution in [2.75, 3.05) is 13.2 Å². The third-order valence-electron chi connectivity index (χ3n) is 4.42. The summed E-state index contributed by atoms with van der Waals surface area (Å²) in [5.74, 6) is 0.547. The SMILES string of the molecule is CCCCc1ccc(-c2ccc(C3OCC(CCC)CO3)s2)cn1. The number of aryl methyl sites for hydroxylation is 1. The molecule has 2 aromatic rings. The van der Waals surface area contributed by atoms with Crippen molar-refractivity contribution in [3.8, 4) is 10.4 Å². The summed E-state index contributed by atoms with van der Waals surface area (Å²) in [5.41, 5.74) is 2.35. The van der Waals surface area contributed by atoms with Crippen LogP contribution in [0.15, 0.2) is 30.5 Å². The summed E-state index contributed by atoms with van der Waals surface area (Å²) in [6.07, 6.45) is 7.62. The van der Waals surface area contributed by atoms with Gasteiger partial charge >= 0.3 is 0 Å². The maximum atomic E-state index is 5.91. The van der Waals surface area contributed by atoms with Crippen molar-refractivity contribution in [3.63, 3.8) is 0 Å². The molecule has 0 radical (unpaired) electrons. The molecule has 130 valence electrons. The molecular formula is C20H27NO2S. The van der Waals surface area contributed by atoms with E-state index in [-0.39, 0.29) is 6.29 Å². The average molecular weight is 346 g/mol. The third kappa shape index (κ3) is 4.44. The third-order valence-corrected chi connectivity index (χ3v) is 5.57. The maximum Gasteiger partial charge on any atom is 0.193 e. The van der Waals surface area contributed by atoms with Gasteiger partial charge in [-0.05, 0) is 37.5 Å². The second-order valence-corrected chi connectivity index (χ2v) is 7.61. The van der Waals surface area contributed by atoms with E-state index in [1.165, 1.54) is 41.8 Å². The molecule has 0 N–H and O–H groups in total. The molecule has 3 heterocycles. The molecule has 0 aromatic carbocycles. The first kappa shape index (κ1) is 17.6. The molecule has 0 amide bonds. The molecule has 2 aromatic heterocycles. The molecule has 1 aliphatic heterocycles. The van der Waals surface area contributed by atoms with Crippen LogP contribution in [0.5, 0.6) is 0 Å². The van der Waals surface area contributed by atoms with Gasteiger partial charge in [-0.15, -0.1) is 11.3 Å². The van der Waals surface area contributed by atoms with E-state index >= 15 is 0 Å². The molecule has 0 bridgehead atoms. The molecule has 0 unspecified atom stereocenters. The molecule has 0 aliphatic carbocycles. The fraction of sp³-hybridized carbons (Fsp3) is 0.550. The van der Waals surface area contributed by atoms with Crippen molar-refractivity contribution in [1.29, 1.82) is 0 Å². The zero-order valence-corrected chi connectivity index (χ0v) is 15.5. The number of thiophene rings is 1. The van der Waals surface area contributed by atoms with Gasteiger partial charge in [-0.1, -0.05) is 32.8 Å². The van der Waals surface area contributed by atoms with Crippen LogP contribution < -0.4 is 0 Å². The van der Waals surface area contributed by atoms with E-state index in [0.29, 0.717) is 5.92 Å². The van der Waals surface area contributed by atoms with E-state index in [4.69, 9.17) is 9.47 Å². The number of ether oxygens (including phenoxy) is 2. The average Bonchev–Trinajstić information content (AvgIpc) is 3.11. The first-order valence-corrected chi connectivity index (χ1v) is 9.90. The molecule has 1 saturated heterocycles. The number of nitrogens with zero attached hydrogens (tertiary/aromatic N) is 1. The van der Waals surface area contributed by atoms with E-state index in [0.717, 1.165) is 24.5 Å². The molecule has 0 spiro atoms. The lowest BCUT2D eigenvalue weighted by molar-refractivity contribution is -0.204. The lowest BCUT2D eigenvalue weighted by atomic mass is 10.1. The molecule has 0 saturated carbocycles. The van der Waals surface area contributed by atoms with Crippen LogP contribution in [0.3, 0.4) is 0 Å². The van der Waals surface area contributed by atoms with Gasteiger partial charge in [-0.2, -0.15) is 0 Å². The Balaban J connectivity index is 1.61. The van der Waals surface area contributed by atoms with Gasteiger partial charge in [0.1, 0.15) is 0 Å². The zero-order valence-electron chi connectivity index (χ0n) is 14.7. The monoisotopic (exact) mass is 345 g/mol. The highest BCUT2D eigenvalue weighted by Gasteiger charge is 2.24. The predicted octanol–water partition coefficient (Wildman–Crippen LogP) is 5.61. The van der Waals surface area contributed by atoms with Crippen LogP contribution in [0, 0.1) is 5.92 Å². The Morgan fingerprint density at radius 2 is 1.92 bits per heavy atom. The molecule has 3 rings (SSSR count). The Hall–Kier alpha value is -1.23. The van der Waals surface area contributed by atoms with Crippen LogP contribution in [-0.2, 0) is 15.9 Å². The molecule has 3 nitrogen and oxygen atoms in total. The largest absolute Gasteiger partial charge is 0.347 e. The predicted molar refractivity (Wildman–Crippen MR) is 99.2 cm³/mol. The fourth-order valence-electron chi connectivity index (χ4n) is 2.99. The summed E-state index contributed by atoms with van der Waals surface area (Å²) >= 11 is 1.74. The van der Waals surface area contributed by atoms with Crippen LogP contribution >= 0.6 is 11.3 Å². The quantitative estimate of drug-likeness (QED) is 0.653. The summed E-state index contributed by atoms with van der Waals surface area (Å²) in [6.45, 7) is 6.03. The van der Waals surface area contributed by atoms with Crippen LogP contribution in [0.25, 0.3) is 10.4 Å². The second-order valence-electron chi connectivity index (χ2n) is 6.50. The van der Waals surface area contributed by atoms with E-state index in [1.807, 2.05) is 6.20 Å². The normalized spacial score (nSPS) is 21.1. The lowest BCUT2D eigenvalue weighted by Crippen LogP contribution is -2.26. The van der Waals surface area contributed by atoms with Gasteiger partial charge in [-0.3, -0.25) is 4.98 Å². The summed E-state index contributed by atoms with van der Waals surface area (Å²) in [4.78, 5) is 6.96. The highest BCUT2D eigenvalue weighted by molar-refractivity contribution is 7.15. The Labute approximate surface area is 149 Å². The summed E-state index contributed by atoms with van der Waals surface area (Å²) in [5, 5.41) is 0. The van der Waals surface area contributed by atoms with Crippen LogP contribution in [0.4, 0.5) is 0 Å². The fourth-order valence-corrected chi connectivity index (χ4v) is 3.99. The van der Waals surface area contributed by atoms with Gasteiger partial charge in [0.15, 0.2) is 6.29 Å². The Morgan fingerprint density at radius 3 is 2.58 bits per heavy atom. The Bertz CT molecular complexity index is 615. The maximum absolute atomic E-state index is 5.91. The standard InChI is InChI=1S/C20H27NO2S/c1-3-5-7-17-9-8-16(12-21-17)18-10-11-19(24-18)20-22-13-15(6-4-2)14-23-20/h8-12,15,20H,3-7,13-14H2,1-2H3. The Kier molecular flexibility index (Phi) is 6.41. The van der Waals surface area contributed by atoms with Crippen molar-refractivity contribution in [3.05, 3.63) is 41.0 Å². The van der Waals surface area contributed by atoms with Crippen molar-refractivity contribution >= 4 is 11.3 Å². The molecule has 1 aliphatic rings. The second kappa shape index (κ2) is 8.75. The first-order chi connectivity index (χ1) is 11.8. The minimum Gasteiger partial charge on any atom is -0.347 e. The molecule has 4 heteroatoms. The topological polar surface area (TPSA) is 31.4 Å². The van der Waals surface area contributed by atoms with Crippen molar-refractivity contribution < 1.29 is 9.47 Å². The minimum atomic E-state index is -0.200. The Morgan fingerprint density at radius 1 is 1.08 bits per heavy atom. The molecule has 1 fully saturated rings. The highest BCUT2D eigenvalue weighted by Crippen LogP contribution is 2.35. The van der Waals surface area contributed by atoms with Gasteiger partial charge in [0, 0.05) is 28.2 Å². The van der Waals surface area contributed by atoms with E-state index in [9.17, 15) is 0 Å². The molecule has 24 heavy (non-hydrogen) atoms. The first-order valence-electron chi connectivity index (χ1n) is 9.08. The van der Waals surface area contributed by atoms with Crippen molar-refractivity contribution in [2.45, 2.75) is 52.2 Å². The van der Waals surface area contributed by atoms with Gasteiger partial charge in [0.25, 0.3) is 0 Å². The number of hydrogen-bond acceptors (Lipinski definition) is 4. The van der Waals surface area contributed by atoms with E-state index in [2.05, 4.69) is 43.1 Å². The number of aromatic nitrogens is 1. The summed E-state index contributed by atoms with van der Waals surface area (Å²) in [6, 6.07) is 8.59. The van der Waals surface area contributed by atoms with Crippen molar-refractivity contribution in [2.24, 2.45) is 5.92 Å². The number of unbranched alkanes of at least 4 members (excludes halogenated alkanes) is 1. The van der Waals surface area contributed by atoms with Gasteiger partial charge in [0.05, 0.1) is 18.1 Å². The van der Waals surface area contributed by atoms with Gasteiger partial charge in [0.2, 0.25) is 0 Å². The highest BCUT2D eigenvalue weighted by atomic mass is 32.1. The van der Waals surface area contributed by atoms with Gasteiger partial charge in [-0.25, -0.2) is 0 Å². The van der Waals surface area contributed by atoms with Crippen molar-refractivity contribution in [1.82, 2.24) is 4.98 Å². The van der Waals surface area contributed by atoms with Crippen LogP contribution in [0.2, 0.25) is 0 Å². The number of pyridine rings is 1. The van der Waals surface area contributed by atoms with E-state index < -0.39 is 0 Å². The van der Waals surface area contributed by atoms with Gasteiger partial charge < -0.3 is 9.47 Å². The van der Waals surface area contributed by atoms with Crippen LogP contribution in [-0.4, -0.2) is 18.2 Å². The minimum absolute atomic E-state index is 0.200. The zero-order chi connectivity index (χ0) is 16.8. The summed E-state index contributed by atoms with van der Waals surface area (Å²) < 4.78 is 11.8. The molecule has 0 atom stereocenters. The smallest absolute Gasteiger partial charge is 0.193 e. The number of rotatable bonds is 7. The van der Waals surface area contributed by atoms with E-state index in [1.54, 1.807) is 11.3 Å². The summed E-state index contributed by atoms with van der Waals surface area (Å²) in [7, 11) is 0. The van der Waals surface area contributed by atoms with Crippen LogP contribution in [0.1, 0.15) is 56.4 Å². The number of hydrogen-bond donors (Lipinski definition) is 0. The lowest BCUT2D eigenvalue weighted by Gasteiger charge is -2.28.